The van der Waals surface area contributed by atoms with Crippen LogP contribution in [0.15, 0.2) is 0 Å². The monoisotopic (exact) mass is 806 g/mol. The second-order valence-corrected chi connectivity index (χ2v) is 17.4. The average Bonchev–Trinajstić information content (AvgIpc) is 3.16. The van der Waals surface area contributed by atoms with Crippen LogP contribution < -0.4 is 5.73 Å². The molecule has 3 atom stereocenters. The summed E-state index contributed by atoms with van der Waals surface area (Å²) in [4.78, 5) is 33.5. The molecule has 0 bridgehead atoms. The molecule has 0 heterocycles. The highest BCUT2D eigenvalue weighted by atomic mass is 31.2. The number of carbonyl (C=O) groups excluding carboxylic acids is 1. The summed E-state index contributed by atoms with van der Waals surface area (Å²) in [7, 11) is -4.61. The van der Waals surface area contributed by atoms with Crippen LogP contribution in [0.25, 0.3) is 0 Å². The summed E-state index contributed by atoms with van der Waals surface area (Å²) in [5.74, 6) is -1.76. The van der Waals surface area contributed by atoms with Crippen LogP contribution in [0, 0.1) is 0 Å². The molecule has 0 amide bonds. The van der Waals surface area contributed by atoms with E-state index < -0.39 is 45.1 Å². The van der Waals surface area contributed by atoms with Gasteiger partial charge in [0.05, 0.1) is 19.8 Å². The Hall–Kier alpha value is -1.03. The minimum atomic E-state index is -4.61. The van der Waals surface area contributed by atoms with Gasteiger partial charge in [0.25, 0.3) is 0 Å². The van der Waals surface area contributed by atoms with Gasteiger partial charge in [-0.2, -0.15) is 0 Å². The molecule has 0 saturated heterocycles. The number of hydrogen-bond acceptors (Lipinski definition) is 8. The van der Waals surface area contributed by atoms with Gasteiger partial charge in [-0.05, 0) is 12.8 Å². The molecule has 0 aromatic carbocycles. The van der Waals surface area contributed by atoms with Gasteiger partial charge < -0.3 is 25.2 Å². The van der Waals surface area contributed by atoms with E-state index in [-0.39, 0.29) is 13.0 Å². The van der Waals surface area contributed by atoms with Crippen LogP contribution in [0.4, 0.5) is 0 Å². The highest BCUT2D eigenvalue weighted by Gasteiger charge is 2.27. The summed E-state index contributed by atoms with van der Waals surface area (Å²) in [5, 5.41) is 8.89. The molecule has 55 heavy (non-hydrogen) atoms. The second-order valence-electron chi connectivity index (χ2n) is 15.9. The van der Waals surface area contributed by atoms with E-state index in [9.17, 15) is 19.0 Å². The minimum absolute atomic E-state index is 0.0255. The van der Waals surface area contributed by atoms with Crippen molar-refractivity contribution in [3.8, 4) is 0 Å². The highest BCUT2D eigenvalue weighted by molar-refractivity contribution is 7.47. The molecule has 0 rings (SSSR count). The first-order valence-electron chi connectivity index (χ1n) is 23.1. The third kappa shape index (κ3) is 40.9. The number of rotatable bonds is 45. The second kappa shape index (κ2) is 41.1. The quantitative estimate of drug-likeness (QED) is 0.0308. The van der Waals surface area contributed by atoms with Crippen LogP contribution in [0.3, 0.4) is 0 Å². The van der Waals surface area contributed by atoms with Crippen molar-refractivity contribution in [3.05, 3.63) is 0 Å². The van der Waals surface area contributed by atoms with E-state index in [0.29, 0.717) is 6.61 Å². The predicted molar refractivity (Wildman–Crippen MR) is 226 cm³/mol. The van der Waals surface area contributed by atoms with Gasteiger partial charge in [0.15, 0.2) is 0 Å². The lowest BCUT2D eigenvalue weighted by Crippen LogP contribution is -2.34. The number of phosphoric ester groups is 1. The minimum Gasteiger partial charge on any atom is -0.480 e. The lowest BCUT2D eigenvalue weighted by molar-refractivity contribution is -0.154. The van der Waals surface area contributed by atoms with Crippen LogP contribution in [0.5, 0.6) is 0 Å². The van der Waals surface area contributed by atoms with Crippen LogP contribution in [-0.2, 0) is 32.7 Å². The Balaban J connectivity index is 4.09. The van der Waals surface area contributed by atoms with Crippen LogP contribution in [-0.4, -0.2) is 60.5 Å². The van der Waals surface area contributed by atoms with E-state index in [1.54, 1.807) is 0 Å². The lowest BCUT2D eigenvalue weighted by atomic mass is 10.0. The summed E-state index contributed by atoms with van der Waals surface area (Å²) >= 11 is 0. The van der Waals surface area contributed by atoms with Gasteiger partial charge in [0, 0.05) is 13.0 Å². The maximum atomic E-state index is 12.6. The molecule has 11 heteroatoms. The number of aliphatic carboxylic acids is 1. The van der Waals surface area contributed by atoms with E-state index in [2.05, 4.69) is 13.8 Å². The fourth-order valence-corrected chi connectivity index (χ4v) is 7.56. The molecular formula is C44H88NO9P. The first kappa shape index (κ1) is 54.0. The van der Waals surface area contributed by atoms with Crippen molar-refractivity contribution in [1.82, 2.24) is 0 Å². The van der Waals surface area contributed by atoms with E-state index in [4.69, 9.17) is 29.4 Å². The average molecular weight is 806 g/mol. The fourth-order valence-electron chi connectivity index (χ4n) is 6.78. The molecule has 0 aliphatic carbocycles. The first-order valence-corrected chi connectivity index (χ1v) is 24.6. The first-order chi connectivity index (χ1) is 26.7. The molecule has 0 aromatic rings. The van der Waals surface area contributed by atoms with E-state index in [0.717, 1.165) is 38.5 Å². The lowest BCUT2D eigenvalue weighted by Gasteiger charge is -2.20. The Labute approximate surface area is 338 Å². The van der Waals surface area contributed by atoms with Crippen molar-refractivity contribution >= 4 is 19.8 Å². The molecular weight excluding hydrogens is 717 g/mol. The van der Waals surface area contributed by atoms with Crippen molar-refractivity contribution in [2.45, 2.75) is 244 Å². The highest BCUT2D eigenvalue weighted by Crippen LogP contribution is 2.43. The van der Waals surface area contributed by atoms with Crippen LogP contribution in [0.1, 0.15) is 232 Å². The maximum absolute atomic E-state index is 12.6. The number of esters is 1. The van der Waals surface area contributed by atoms with Gasteiger partial charge in [-0.25, -0.2) is 4.57 Å². The largest absolute Gasteiger partial charge is 0.480 e. The topological polar surface area (TPSA) is 155 Å². The Morgan fingerprint density at radius 2 is 0.836 bits per heavy atom. The fraction of sp³-hybridized carbons (Fsp3) is 0.955. The molecule has 10 nitrogen and oxygen atoms in total. The van der Waals surface area contributed by atoms with Gasteiger partial charge in [0.2, 0.25) is 0 Å². The van der Waals surface area contributed by atoms with Gasteiger partial charge in [-0.3, -0.25) is 18.6 Å². The summed E-state index contributed by atoms with van der Waals surface area (Å²) in [6.45, 7) is 3.93. The van der Waals surface area contributed by atoms with Gasteiger partial charge in [0.1, 0.15) is 12.1 Å². The van der Waals surface area contributed by atoms with E-state index in [1.165, 1.54) is 173 Å². The van der Waals surface area contributed by atoms with Gasteiger partial charge >= 0.3 is 19.8 Å². The molecule has 1 unspecified atom stereocenters. The number of unbranched alkanes of at least 4 members (excludes halogenated alkanes) is 31. The summed E-state index contributed by atoms with van der Waals surface area (Å²) < 4.78 is 33.4. The van der Waals surface area contributed by atoms with Gasteiger partial charge in [-0.1, -0.05) is 213 Å². The van der Waals surface area contributed by atoms with Crippen LogP contribution in [0.2, 0.25) is 0 Å². The third-order valence-corrected chi connectivity index (χ3v) is 11.3. The SMILES string of the molecule is CCCCCCCCCCCCCCCCCCCCCCCC(=O)O[C@H](COCCCCCCCCCCCCCC)COP(=O)(O)OC[C@H](N)C(=O)O. The molecule has 0 aliphatic rings. The number of nitrogens with two attached hydrogens (primary N) is 1. The van der Waals surface area contributed by atoms with E-state index in [1.807, 2.05) is 0 Å². The van der Waals surface area contributed by atoms with Crippen LogP contribution >= 0.6 is 7.82 Å². The molecule has 0 radical (unpaired) electrons. The van der Waals surface area contributed by atoms with Crippen molar-refractivity contribution < 1.29 is 42.7 Å². The van der Waals surface area contributed by atoms with Crippen molar-refractivity contribution in [2.24, 2.45) is 5.73 Å². The Morgan fingerprint density at radius 3 is 1.20 bits per heavy atom. The number of carbonyl (C=O) groups is 2. The smallest absolute Gasteiger partial charge is 0.472 e. The normalized spacial score (nSPS) is 13.8. The summed E-state index contributed by atoms with van der Waals surface area (Å²) in [5.41, 5.74) is 5.36. The zero-order chi connectivity index (χ0) is 40.5. The molecule has 0 spiro atoms. The Kier molecular flexibility index (Phi) is 40.4. The molecule has 0 aliphatic heterocycles. The molecule has 328 valence electrons. The standard InChI is InChI=1S/C44H88NO9P/c1-3-5-7-9-11-13-15-17-18-19-20-21-22-23-24-25-26-28-30-32-34-36-43(46)54-41(39-52-55(49,50)53-40-42(45)44(47)48)38-51-37-35-33-31-29-27-16-14-12-10-8-6-4-2/h41-42H,3-40,45H2,1-2H3,(H,47,48)(H,49,50)/t41-,42+/m1/s1. The Bertz CT molecular complexity index is 893. The summed E-state index contributed by atoms with van der Waals surface area (Å²) in [6.07, 6.45) is 41.6. The Morgan fingerprint density at radius 1 is 0.509 bits per heavy atom. The summed E-state index contributed by atoms with van der Waals surface area (Å²) in [6, 6.07) is -1.47. The van der Waals surface area contributed by atoms with Crippen molar-refractivity contribution in [1.29, 1.82) is 0 Å². The zero-order valence-corrected chi connectivity index (χ0v) is 36.7. The number of ether oxygens (including phenoxy) is 2. The third-order valence-electron chi connectivity index (χ3n) is 10.4. The molecule has 0 fully saturated rings. The number of phosphoric acid groups is 1. The molecule has 0 aromatic heterocycles. The van der Waals surface area contributed by atoms with Crippen molar-refractivity contribution in [2.75, 3.05) is 26.4 Å². The van der Waals surface area contributed by atoms with Gasteiger partial charge in [-0.15, -0.1) is 0 Å². The van der Waals surface area contributed by atoms with Crippen molar-refractivity contribution in [3.63, 3.8) is 0 Å². The molecule has 0 saturated carbocycles. The van der Waals surface area contributed by atoms with E-state index >= 15 is 0 Å². The number of carboxylic acids is 1. The molecule has 4 N–H and O–H groups in total. The maximum Gasteiger partial charge on any atom is 0.472 e. The zero-order valence-electron chi connectivity index (χ0n) is 35.8. The number of carboxylic acid groups (broad SMARTS) is 1. The number of hydrogen-bond donors (Lipinski definition) is 3. The predicted octanol–water partition coefficient (Wildman–Crippen LogP) is 12.8.